The van der Waals surface area contributed by atoms with Crippen LogP contribution in [0.4, 0.5) is 4.79 Å². The molecule has 0 fully saturated rings. The van der Waals surface area contributed by atoms with E-state index < -0.39 is 5.37 Å². The smallest absolute Gasteiger partial charge is 0.313 e. The second-order valence-corrected chi connectivity index (χ2v) is 2.81. The summed E-state index contributed by atoms with van der Waals surface area (Å²) in [4.78, 5) is 10.3. The van der Waals surface area contributed by atoms with Crippen molar-refractivity contribution in [1.29, 1.82) is 0 Å². The Hall–Kier alpha value is -0.960. The molecule has 66 valence electrons. The number of hydrogen-bond acceptors (Lipinski definition) is 2. The summed E-state index contributed by atoms with van der Waals surface area (Å²) in [5.41, 5.74) is 0. The largest absolute Gasteiger partial charge is 0.466 e. The van der Waals surface area contributed by atoms with Gasteiger partial charge in [-0.15, -0.1) is 0 Å². The Bertz CT molecular complexity index is 270. The molecule has 1 N–H and O–H groups in total. The van der Waals surface area contributed by atoms with Crippen LogP contribution in [0, 0.1) is 6.92 Å². The van der Waals surface area contributed by atoms with Gasteiger partial charge < -0.3 is 9.73 Å². The second kappa shape index (κ2) is 4.16. The summed E-state index contributed by atoms with van der Waals surface area (Å²) >= 11 is 5.07. The summed E-state index contributed by atoms with van der Waals surface area (Å²) in [5.74, 6) is 1.74. The topological polar surface area (TPSA) is 42.2 Å². The number of aryl methyl sites for hydroxylation is 1. The number of amides is 1. The van der Waals surface area contributed by atoms with Crippen LogP contribution in [0.15, 0.2) is 16.5 Å². The van der Waals surface area contributed by atoms with Crippen molar-refractivity contribution in [2.45, 2.75) is 13.3 Å². The summed E-state index contributed by atoms with van der Waals surface area (Å²) in [6, 6.07) is 3.77. The number of halogens is 1. The van der Waals surface area contributed by atoms with E-state index in [1.807, 2.05) is 19.1 Å². The van der Waals surface area contributed by atoms with Crippen molar-refractivity contribution in [2.75, 3.05) is 6.54 Å². The molecule has 1 heterocycles. The van der Waals surface area contributed by atoms with Gasteiger partial charge in [0, 0.05) is 13.0 Å². The lowest BCUT2D eigenvalue weighted by Crippen LogP contribution is -2.19. The normalized spacial score (nSPS) is 9.83. The zero-order chi connectivity index (χ0) is 8.97. The van der Waals surface area contributed by atoms with Crippen molar-refractivity contribution in [3.8, 4) is 0 Å². The highest BCUT2D eigenvalue weighted by atomic mass is 35.5. The van der Waals surface area contributed by atoms with Gasteiger partial charge in [-0.1, -0.05) is 0 Å². The number of carbonyl (C=O) groups excluding carboxylic acids is 1. The molecule has 1 aromatic heterocycles. The first-order chi connectivity index (χ1) is 5.68. The average molecular weight is 188 g/mol. The van der Waals surface area contributed by atoms with E-state index in [0.717, 1.165) is 11.5 Å². The molecule has 0 unspecified atom stereocenters. The number of hydrogen-bond donors (Lipinski definition) is 1. The Kier molecular flexibility index (Phi) is 3.17. The minimum atomic E-state index is -0.529. The molecule has 0 aliphatic rings. The van der Waals surface area contributed by atoms with Gasteiger partial charge in [-0.2, -0.15) is 0 Å². The van der Waals surface area contributed by atoms with E-state index >= 15 is 0 Å². The first kappa shape index (κ1) is 9.13. The van der Waals surface area contributed by atoms with E-state index in [0.29, 0.717) is 13.0 Å². The maximum atomic E-state index is 10.3. The van der Waals surface area contributed by atoms with E-state index in [-0.39, 0.29) is 0 Å². The van der Waals surface area contributed by atoms with Crippen molar-refractivity contribution in [3.63, 3.8) is 0 Å². The van der Waals surface area contributed by atoms with E-state index in [2.05, 4.69) is 5.32 Å². The molecule has 1 rings (SSSR count). The Morgan fingerprint density at radius 3 is 2.92 bits per heavy atom. The van der Waals surface area contributed by atoms with Gasteiger partial charge >= 0.3 is 5.37 Å². The molecule has 0 bridgehead atoms. The van der Waals surface area contributed by atoms with E-state index in [1.165, 1.54) is 0 Å². The lowest BCUT2D eigenvalue weighted by Gasteiger charge is -1.96. The fraction of sp³-hybridized carbons (Fsp3) is 0.375. The summed E-state index contributed by atoms with van der Waals surface area (Å²) in [6.07, 6.45) is 0.673. The molecular formula is C8H10ClNO2. The third-order valence-electron chi connectivity index (χ3n) is 1.43. The van der Waals surface area contributed by atoms with Gasteiger partial charge in [0.05, 0.1) is 0 Å². The van der Waals surface area contributed by atoms with Gasteiger partial charge in [0.15, 0.2) is 0 Å². The third-order valence-corrected chi connectivity index (χ3v) is 1.57. The number of nitrogens with one attached hydrogen (secondary N) is 1. The average Bonchev–Trinajstić information content (AvgIpc) is 2.35. The van der Waals surface area contributed by atoms with E-state index in [4.69, 9.17) is 16.0 Å². The quantitative estimate of drug-likeness (QED) is 0.582. The van der Waals surface area contributed by atoms with Gasteiger partial charge in [0.2, 0.25) is 0 Å². The molecule has 1 amide bonds. The van der Waals surface area contributed by atoms with Gasteiger partial charge in [0.25, 0.3) is 0 Å². The van der Waals surface area contributed by atoms with Gasteiger partial charge in [-0.25, -0.2) is 0 Å². The molecule has 12 heavy (non-hydrogen) atoms. The number of furan rings is 1. The van der Waals surface area contributed by atoms with Crippen molar-refractivity contribution in [2.24, 2.45) is 0 Å². The Morgan fingerprint density at radius 1 is 1.67 bits per heavy atom. The molecular weight excluding hydrogens is 178 g/mol. The summed E-state index contributed by atoms with van der Waals surface area (Å²) in [7, 11) is 0. The predicted octanol–water partition coefficient (Wildman–Crippen LogP) is 2.08. The highest BCUT2D eigenvalue weighted by molar-refractivity contribution is 6.62. The molecule has 0 saturated carbocycles. The fourth-order valence-corrected chi connectivity index (χ4v) is 0.998. The highest BCUT2D eigenvalue weighted by Gasteiger charge is 1.98. The molecule has 0 atom stereocenters. The van der Waals surface area contributed by atoms with Gasteiger partial charge in [0.1, 0.15) is 11.5 Å². The highest BCUT2D eigenvalue weighted by Crippen LogP contribution is 2.05. The molecule has 0 spiro atoms. The molecule has 0 radical (unpaired) electrons. The summed E-state index contributed by atoms with van der Waals surface area (Å²) in [5, 5.41) is 1.94. The molecule has 0 aliphatic heterocycles. The van der Waals surface area contributed by atoms with Gasteiger partial charge in [-0.05, 0) is 30.7 Å². The van der Waals surface area contributed by atoms with E-state index in [1.54, 1.807) is 0 Å². The minimum absolute atomic E-state index is 0.509. The van der Waals surface area contributed by atoms with Crippen LogP contribution in [0.5, 0.6) is 0 Å². The summed E-state index contributed by atoms with van der Waals surface area (Å²) < 4.78 is 5.27. The first-order valence-electron chi connectivity index (χ1n) is 3.67. The Labute approximate surface area is 75.7 Å². The van der Waals surface area contributed by atoms with Crippen LogP contribution in [0.2, 0.25) is 0 Å². The van der Waals surface area contributed by atoms with Crippen LogP contribution in [0.25, 0.3) is 0 Å². The lowest BCUT2D eigenvalue weighted by atomic mass is 10.3. The van der Waals surface area contributed by atoms with Crippen molar-refractivity contribution >= 4 is 17.0 Å². The predicted molar refractivity (Wildman–Crippen MR) is 46.4 cm³/mol. The zero-order valence-electron chi connectivity index (χ0n) is 6.76. The van der Waals surface area contributed by atoms with Crippen molar-refractivity contribution in [3.05, 3.63) is 23.7 Å². The fourth-order valence-electron chi connectivity index (χ4n) is 0.903. The van der Waals surface area contributed by atoms with Crippen molar-refractivity contribution < 1.29 is 9.21 Å². The van der Waals surface area contributed by atoms with Gasteiger partial charge in [-0.3, -0.25) is 4.79 Å². The van der Waals surface area contributed by atoms with Crippen LogP contribution in [-0.2, 0) is 6.42 Å². The van der Waals surface area contributed by atoms with Crippen LogP contribution < -0.4 is 5.32 Å². The van der Waals surface area contributed by atoms with Crippen LogP contribution in [-0.4, -0.2) is 11.9 Å². The number of carbonyl (C=O) groups is 1. The molecule has 3 nitrogen and oxygen atoms in total. The molecule has 0 saturated heterocycles. The molecule has 0 aromatic carbocycles. The SMILES string of the molecule is Cc1ccc(CCNC(=O)Cl)o1. The molecule has 4 heteroatoms. The van der Waals surface area contributed by atoms with E-state index in [9.17, 15) is 4.79 Å². The maximum absolute atomic E-state index is 10.3. The first-order valence-corrected chi connectivity index (χ1v) is 4.05. The van der Waals surface area contributed by atoms with Crippen LogP contribution >= 0.6 is 11.6 Å². The van der Waals surface area contributed by atoms with Crippen LogP contribution in [0.1, 0.15) is 11.5 Å². The Balaban J connectivity index is 2.29. The molecule has 1 aromatic rings. The monoisotopic (exact) mass is 187 g/mol. The third kappa shape index (κ3) is 2.96. The summed E-state index contributed by atoms with van der Waals surface area (Å²) in [6.45, 7) is 2.39. The molecule has 0 aliphatic carbocycles. The second-order valence-electron chi connectivity index (χ2n) is 2.46. The van der Waals surface area contributed by atoms with Crippen LogP contribution in [0.3, 0.4) is 0 Å². The zero-order valence-corrected chi connectivity index (χ0v) is 7.52. The maximum Gasteiger partial charge on any atom is 0.313 e. The Morgan fingerprint density at radius 2 is 2.42 bits per heavy atom. The van der Waals surface area contributed by atoms with Crippen molar-refractivity contribution in [1.82, 2.24) is 5.32 Å². The minimum Gasteiger partial charge on any atom is -0.466 e. The standard InChI is InChI=1S/C8H10ClNO2/c1-6-2-3-7(12-6)4-5-10-8(9)11/h2-3H,4-5H2,1H3,(H,10,11). The lowest BCUT2D eigenvalue weighted by molar-refractivity contribution is 0.259. The number of rotatable bonds is 3.